The van der Waals surface area contributed by atoms with Crippen LogP contribution in [-0.4, -0.2) is 29.5 Å². The van der Waals surface area contributed by atoms with Crippen molar-refractivity contribution >= 4 is 11.6 Å². The number of aromatic nitrogens is 1. The van der Waals surface area contributed by atoms with E-state index in [1.54, 1.807) is 6.20 Å². The van der Waals surface area contributed by atoms with Gasteiger partial charge >= 0.3 is 0 Å². The summed E-state index contributed by atoms with van der Waals surface area (Å²) in [6, 6.07) is 3.77. The molecule has 1 aliphatic rings. The van der Waals surface area contributed by atoms with Crippen molar-refractivity contribution in [3.05, 3.63) is 29.0 Å². The van der Waals surface area contributed by atoms with Crippen LogP contribution in [0.25, 0.3) is 0 Å². The summed E-state index contributed by atoms with van der Waals surface area (Å²) in [6.07, 6.45) is 5.50. The molecule has 2 N–H and O–H groups in total. The van der Waals surface area contributed by atoms with Gasteiger partial charge in [-0.05, 0) is 50.4 Å². The van der Waals surface area contributed by atoms with Crippen LogP contribution < -0.4 is 5.73 Å². The second kappa shape index (κ2) is 6.34. The molecule has 17 heavy (non-hydrogen) atoms. The molecular weight excluding hydrogens is 234 g/mol. The molecule has 1 saturated heterocycles. The number of nitrogens with zero attached hydrogens (tertiary/aromatic N) is 2. The zero-order valence-corrected chi connectivity index (χ0v) is 10.9. The van der Waals surface area contributed by atoms with Crippen LogP contribution in [0.1, 0.15) is 25.0 Å². The third-order valence-corrected chi connectivity index (χ3v) is 3.58. The van der Waals surface area contributed by atoms with E-state index in [1.165, 1.54) is 12.8 Å². The van der Waals surface area contributed by atoms with E-state index in [9.17, 15) is 0 Å². The van der Waals surface area contributed by atoms with Gasteiger partial charge in [0.1, 0.15) is 0 Å². The highest BCUT2D eigenvalue weighted by Crippen LogP contribution is 2.20. The summed E-state index contributed by atoms with van der Waals surface area (Å²) in [5.41, 5.74) is 6.69. The maximum Gasteiger partial charge on any atom is 0.0558 e. The fraction of sp³-hybridized carbons (Fsp3) is 0.615. The lowest BCUT2D eigenvalue weighted by Gasteiger charge is -2.32. The van der Waals surface area contributed by atoms with Crippen molar-refractivity contribution in [2.75, 3.05) is 19.6 Å². The predicted molar refractivity (Wildman–Crippen MR) is 70.9 cm³/mol. The molecule has 1 aromatic heterocycles. The fourth-order valence-corrected chi connectivity index (χ4v) is 2.71. The zero-order valence-electron chi connectivity index (χ0n) is 10.1. The second-order valence-electron chi connectivity index (χ2n) is 4.79. The molecule has 1 aromatic rings. The average Bonchev–Trinajstić information content (AvgIpc) is 2.30. The minimum absolute atomic E-state index is 0.757. The number of nitrogens with two attached hydrogens (primary N) is 1. The first-order chi connectivity index (χ1) is 8.28. The first-order valence-electron chi connectivity index (χ1n) is 6.31. The monoisotopic (exact) mass is 253 g/mol. The fourth-order valence-electron chi connectivity index (χ4n) is 2.53. The van der Waals surface area contributed by atoms with Crippen LogP contribution in [0.4, 0.5) is 0 Å². The molecule has 0 amide bonds. The van der Waals surface area contributed by atoms with E-state index < -0.39 is 0 Å². The van der Waals surface area contributed by atoms with Crippen molar-refractivity contribution < 1.29 is 0 Å². The Labute approximate surface area is 108 Å². The van der Waals surface area contributed by atoms with Crippen LogP contribution in [-0.2, 0) is 6.54 Å². The van der Waals surface area contributed by atoms with Gasteiger partial charge in [-0.2, -0.15) is 0 Å². The van der Waals surface area contributed by atoms with E-state index in [-0.39, 0.29) is 0 Å². The number of likely N-dealkylation sites (tertiary alicyclic amines) is 1. The summed E-state index contributed by atoms with van der Waals surface area (Å²) in [4.78, 5) is 6.81. The lowest BCUT2D eigenvalue weighted by molar-refractivity contribution is 0.161. The van der Waals surface area contributed by atoms with Gasteiger partial charge in [-0.1, -0.05) is 11.6 Å². The van der Waals surface area contributed by atoms with Crippen molar-refractivity contribution in [3.8, 4) is 0 Å². The van der Waals surface area contributed by atoms with E-state index >= 15 is 0 Å². The van der Waals surface area contributed by atoms with E-state index in [1.807, 2.05) is 12.1 Å². The summed E-state index contributed by atoms with van der Waals surface area (Å²) in [6.45, 7) is 4.01. The Kier molecular flexibility index (Phi) is 4.77. The smallest absolute Gasteiger partial charge is 0.0558 e. The number of hydrogen-bond donors (Lipinski definition) is 1. The van der Waals surface area contributed by atoms with Gasteiger partial charge in [0.05, 0.1) is 5.69 Å². The quantitative estimate of drug-likeness (QED) is 0.895. The zero-order chi connectivity index (χ0) is 12.1. The minimum atomic E-state index is 0.757. The molecule has 0 aliphatic carbocycles. The van der Waals surface area contributed by atoms with Crippen molar-refractivity contribution in [1.29, 1.82) is 0 Å². The Bertz CT molecular complexity index is 354. The van der Waals surface area contributed by atoms with Gasteiger partial charge in [-0.15, -0.1) is 0 Å². The molecule has 0 bridgehead atoms. The average molecular weight is 254 g/mol. The highest BCUT2D eigenvalue weighted by Gasteiger charge is 2.19. The number of piperidine rings is 1. The Balaban J connectivity index is 1.90. The molecule has 4 heteroatoms. The summed E-state index contributed by atoms with van der Waals surface area (Å²) >= 11 is 5.97. The molecule has 0 aromatic carbocycles. The standard InChI is InChI=1S/C13H20ClN3/c14-12-4-6-16-13(8-12)10-17-7-1-2-11(9-17)3-5-15/h4,6,8,11H,1-3,5,7,9-10,15H2. The third-order valence-electron chi connectivity index (χ3n) is 3.34. The van der Waals surface area contributed by atoms with Gasteiger partial charge in [0.25, 0.3) is 0 Å². The largest absolute Gasteiger partial charge is 0.330 e. The maximum absolute atomic E-state index is 5.97. The lowest BCUT2D eigenvalue weighted by Crippen LogP contribution is -2.35. The van der Waals surface area contributed by atoms with E-state index in [0.29, 0.717) is 0 Å². The molecule has 94 valence electrons. The normalized spacial score (nSPS) is 21.6. The first kappa shape index (κ1) is 12.8. The molecule has 0 spiro atoms. The second-order valence-corrected chi connectivity index (χ2v) is 5.22. The van der Waals surface area contributed by atoms with Crippen LogP contribution in [0.2, 0.25) is 5.02 Å². The lowest BCUT2D eigenvalue weighted by atomic mass is 9.95. The van der Waals surface area contributed by atoms with Crippen LogP contribution >= 0.6 is 11.6 Å². The Morgan fingerprint density at radius 3 is 3.18 bits per heavy atom. The molecular formula is C13H20ClN3. The van der Waals surface area contributed by atoms with Gasteiger partial charge < -0.3 is 5.73 Å². The highest BCUT2D eigenvalue weighted by molar-refractivity contribution is 6.30. The molecule has 1 atom stereocenters. The van der Waals surface area contributed by atoms with Crippen molar-refractivity contribution in [2.24, 2.45) is 11.7 Å². The molecule has 0 saturated carbocycles. The first-order valence-corrected chi connectivity index (χ1v) is 6.68. The number of halogens is 1. The van der Waals surface area contributed by atoms with Crippen LogP contribution in [0.15, 0.2) is 18.3 Å². The Morgan fingerprint density at radius 1 is 1.53 bits per heavy atom. The van der Waals surface area contributed by atoms with Crippen molar-refractivity contribution in [1.82, 2.24) is 9.88 Å². The number of hydrogen-bond acceptors (Lipinski definition) is 3. The van der Waals surface area contributed by atoms with Gasteiger partial charge in [0, 0.05) is 24.3 Å². The van der Waals surface area contributed by atoms with E-state index in [4.69, 9.17) is 17.3 Å². The molecule has 2 heterocycles. The SMILES string of the molecule is NCCC1CCCN(Cc2cc(Cl)ccn2)C1. The molecule has 3 nitrogen and oxygen atoms in total. The van der Waals surface area contributed by atoms with Gasteiger partial charge in [-0.3, -0.25) is 9.88 Å². The molecule has 1 fully saturated rings. The maximum atomic E-state index is 5.97. The third kappa shape index (κ3) is 3.95. The summed E-state index contributed by atoms with van der Waals surface area (Å²) in [5.74, 6) is 0.757. The van der Waals surface area contributed by atoms with Crippen molar-refractivity contribution in [3.63, 3.8) is 0 Å². The van der Waals surface area contributed by atoms with Crippen LogP contribution in [0.5, 0.6) is 0 Å². The number of rotatable bonds is 4. The topological polar surface area (TPSA) is 42.1 Å². The van der Waals surface area contributed by atoms with Crippen LogP contribution in [0, 0.1) is 5.92 Å². The summed E-state index contributed by atoms with van der Waals surface area (Å²) < 4.78 is 0. The molecule has 0 radical (unpaired) electrons. The minimum Gasteiger partial charge on any atom is -0.330 e. The Morgan fingerprint density at radius 2 is 2.41 bits per heavy atom. The molecule has 1 aliphatic heterocycles. The van der Waals surface area contributed by atoms with E-state index in [0.717, 1.165) is 49.2 Å². The summed E-state index contributed by atoms with van der Waals surface area (Å²) in [7, 11) is 0. The predicted octanol–water partition coefficient (Wildman–Crippen LogP) is 2.30. The number of pyridine rings is 1. The molecule has 1 unspecified atom stereocenters. The Hall–Kier alpha value is -0.640. The van der Waals surface area contributed by atoms with E-state index in [2.05, 4.69) is 9.88 Å². The van der Waals surface area contributed by atoms with Gasteiger partial charge in [-0.25, -0.2) is 0 Å². The van der Waals surface area contributed by atoms with Gasteiger partial charge in [0.2, 0.25) is 0 Å². The molecule has 2 rings (SSSR count). The van der Waals surface area contributed by atoms with Crippen molar-refractivity contribution in [2.45, 2.75) is 25.8 Å². The van der Waals surface area contributed by atoms with Crippen LogP contribution in [0.3, 0.4) is 0 Å². The van der Waals surface area contributed by atoms with Gasteiger partial charge in [0.15, 0.2) is 0 Å². The highest BCUT2D eigenvalue weighted by atomic mass is 35.5. The summed E-state index contributed by atoms with van der Waals surface area (Å²) in [5, 5.41) is 0.769.